The maximum absolute atomic E-state index is 12.3. The number of fused-ring (bicyclic) bond motifs is 1. The summed E-state index contributed by atoms with van der Waals surface area (Å²) in [7, 11) is 1.61. The van der Waals surface area contributed by atoms with Crippen molar-refractivity contribution in [2.75, 3.05) is 7.11 Å². The fourth-order valence-corrected chi connectivity index (χ4v) is 1.96. The van der Waals surface area contributed by atoms with Crippen LogP contribution in [0.3, 0.4) is 0 Å². The van der Waals surface area contributed by atoms with E-state index in [0.717, 1.165) is 11.1 Å². The van der Waals surface area contributed by atoms with Crippen molar-refractivity contribution >= 4 is 10.8 Å². The Morgan fingerprint density at radius 1 is 1.33 bits per heavy atom. The van der Waals surface area contributed by atoms with E-state index < -0.39 is 5.54 Å². The van der Waals surface area contributed by atoms with E-state index in [2.05, 4.69) is 0 Å². The molecule has 0 bridgehead atoms. The van der Waals surface area contributed by atoms with Crippen molar-refractivity contribution in [2.45, 2.75) is 25.9 Å². The lowest BCUT2D eigenvalue weighted by molar-refractivity contribution is 0.415. The molecule has 4 heteroatoms. The van der Waals surface area contributed by atoms with Gasteiger partial charge in [-0.2, -0.15) is 0 Å². The molecule has 0 amide bonds. The fourth-order valence-electron chi connectivity index (χ4n) is 1.96. The minimum atomic E-state index is -0.413. The van der Waals surface area contributed by atoms with Gasteiger partial charge in [-0.1, -0.05) is 0 Å². The smallest absolute Gasteiger partial charge is 0.258 e. The molecule has 0 radical (unpaired) electrons. The van der Waals surface area contributed by atoms with Crippen molar-refractivity contribution in [3.05, 3.63) is 40.8 Å². The second-order valence-electron chi connectivity index (χ2n) is 5.19. The second-order valence-corrected chi connectivity index (χ2v) is 5.19. The van der Waals surface area contributed by atoms with Gasteiger partial charge in [-0.3, -0.25) is 4.79 Å². The molecule has 0 spiro atoms. The Morgan fingerprint density at radius 2 is 2.06 bits per heavy atom. The van der Waals surface area contributed by atoms with E-state index in [1.165, 1.54) is 0 Å². The average molecular weight is 246 g/mol. The first kappa shape index (κ1) is 12.6. The zero-order valence-electron chi connectivity index (χ0n) is 10.9. The zero-order valence-corrected chi connectivity index (χ0v) is 10.9. The van der Waals surface area contributed by atoms with Gasteiger partial charge in [-0.05, 0) is 43.5 Å². The van der Waals surface area contributed by atoms with Crippen LogP contribution in [-0.2, 0) is 6.54 Å². The van der Waals surface area contributed by atoms with Crippen LogP contribution in [0.25, 0.3) is 10.8 Å². The van der Waals surface area contributed by atoms with E-state index in [1.807, 2.05) is 26.0 Å². The average Bonchev–Trinajstić information content (AvgIpc) is 2.31. The van der Waals surface area contributed by atoms with Crippen molar-refractivity contribution in [3.8, 4) is 5.75 Å². The number of hydrogen-bond donors (Lipinski definition) is 1. The molecule has 0 aliphatic heterocycles. The van der Waals surface area contributed by atoms with Crippen LogP contribution in [-0.4, -0.2) is 17.2 Å². The maximum atomic E-state index is 12.3. The lowest BCUT2D eigenvalue weighted by Crippen LogP contribution is -2.40. The number of aromatic nitrogens is 1. The highest BCUT2D eigenvalue weighted by Crippen LogP contribution is 2.18. The van der Waals surface area contributed by atoms with E-state index in [4.69, 9.17) is 10.5 Å². The normalized spacial score (nSPS) is 11.8. The summed E-state index contributed by atoms with van der Waals surface area (Å²) in [5.74, 6) is 0.749. The van der Waals surface area contributed by atoms with Gasteiger partial charge in [-0.25, -0.2) is 0 Å². The Labute approximate surface area is 106 Å². The summed E-state index contributed by atoms with van der Waals surface area (Å²) in [4.78, 5) is 12.3. The first-order valence-electron chi connectivity index (χ1n) is 5.87. The van der Waals surface area contributed by atoms with Gasteiger partial charge in [0.2, 0.25) is 0 Å². The number of hydrogen-bond acceptors (Lipinski definition) is 3. The van der Waals surface area contributed by atoms with Crippen LogP contribution >= 0.6 is 0 Å². The number of nitrogens with two attached hydrogens (primary N) is 1. The van der Waals surface area contributed by atoms with Crippen LogP contribution in [0.1, 0.15) is 13.8 Å². The van der Waals surface area contributed by atoms with Crippen LogP contribution in [0.2, 0.25) is 0 Å². The summed E-state index contributed by atoms with van der Waals surface area (Å²) >= 11 is 0. The Bertz CT molecular complexity index is 624. The molecule has 1 heterocycles. The molecule has 96 valence electrons. The van der Waals surface area contributed by atoms with Gasteiger partial charge in [0.05, 0.1) is 7.11 Å². The van der Waals surface area contributed by atoms with Gasteiger partial charge in [0.1, 0.15) is 5.75 Å². The van der Waals surface area contributed by atoms with E-state index >= 15 is 0 Å². The van der Waals surface area contributed by atoms with Crippen LogP contribution in [0, 0.1) is 0 Å². The van der Waals surface area contributed by atoms with Crippen LogP contribution in [0.15, 0.2) is 35.3 Å². The molecule has 0 saturated heterocycles. The SMILES string of the molecule is COc1ccc2c(=O)n(CC(C)(C)N)ccc2c1. The lowest BCUT2D eigenvalue weighted by Gasteiger charge is -2.20. The monoisotopic (exact) mass is 246 g/mol. The standard InChI is InChI=1S/C14H18N2O2/c1-14(2,15)9-16-7-6-10-8-11(18-3)4-5-12(10)13(16)17/h4-8H,9,15H2,1-3H3. The maximum Gasteiger partial charge on any atom is 0.258 e. The van der Waals surface area contributed by atoms with Gasteiger partial charge in [0.15, 0.2) is 0 Å². The predicted molar refractivity (Wildman–Crippen MR) is 73.0 cm³/mol. The van der Waals surface area contributed by atoms with Crippen molar-refractivity contribution in [1.29, 1.82) is 0 Å². The van der Waals surface area contributed by atoms with Crippen LogP contribution < -0.4 is 16.0 Å². The number of nitrogens with zero attached hydrogens (tertiary/aromatic N) is 1. The van der Waals surface area contributed by atoms with Gasteiger partial charge in [0, 0.05) is 23.7 Å². The fraction of sp³-hybridized carbons (Fsp3) is 0.357. The summed E-state index contributed by atoms with van der Waals surface area (Å²) in [6.07, 6.45) is 1.78. The highest BCUT2D eigenvalue weighted by molar-refractivity contribution is 5.82. The molecule has 0 aliphatic rings. The molecule has 0 saturated carbocycles. The molecular formula is C14H18N2O2. The molecule has 0 aliphatic carbocycles. The summed E-state index contributed by atoms with van der Waals surface area (Å²) < 4.78 is 6.79. The summed E-state index contributed by atoms with van der Waals surface area (Å²) in [6, 6.07) is 7.35. The van der Waals surface area contributed by atoms with Crippen molar-refractivity contribution < 1.29 is 4.74 Å². The molecule has 1 aromatic heterocycles. The minimum Gasteiger partial charge on any atom is -0.497 e. The first-order valence-corrected chi connectivity index (χ1v) is 5.87. The van der Waals surface area contributed by atoms with E-state index in [1.54, 1.807) is 30.0 Å². The lowest BCUT2D eigenvalue weighted by atomic mass is 10.1. The van der Waals surface area contributed by atoms with Gasteiger partial charge >= 0.3 is 0 Å². The molecule has 18 heavy (non-hydrogen) atoms. The van der Waals surface area contributed by atoms with Crippen LogP contribution in [0.5, 0.6) is 5.75 Å². The van der Waals surface area contributed by atoms with Crippen molar-refractivity contribution in [2.24, 2.45) is 5.73 Å². The minimum absolute atomic E-state index is 0.0197. The number of methoxy groups -OCH3 is 1. The molecule has 2 N–H and O–H groups in total. The topological polar surface area (TPSA) is 57.2 Å². The Balaban J connectivity index is 2.55. The zero-order chi connectivity index (χ0) is 13.3. The van der Waals surface area contributed by atoms with E-state index in [-0.39, 0.29) is 5.56 Å². The molecule has 0 unspecified atom stereocenters. The van der Waals surface area contributed by atoms with Gasteiger partial charge in [-0.15, -0.1) is 0 Å². The van der Waals surface area contributed by atoms with Gasteiger partial charge < -0.3 is 15.0 Å². The van der Waals surface area contributed by atoms with E-state index in [0.29, 0.717) is 11.9 Å². The third kappa shape index (κ3) is 2.54. The largest absolute Gasteiger partial charge is 0.497 e. The second kappa shape index (κ2) is 4.46. The highest BCUT2D eigenvalue weighted by Gasteiger charge is 2.13. The highest BCUT2D eigenvalue weighted by atomic mass is 16.5. The molecule has 1 aromatic carbocycles. The number of rotatable bonds is 3. The predicted octanol–water partition coefficient (Wildman–Crippen LogP) is 1.75. The van der Waals surface area contributed by atoms with Gasteiger partial charge in [0.25, 0.3) is 5.56 Å². The Kier molecular flexibility index (Phi) is 3.13. The third-order valence-electron chi connectivity index (χ3n) is 2.76. The molecule has 4 nitrogen and oxygen atoms in total. The summed E-state index contributed by atoms with van der Waals surface area (Å²) in [5.41, 5.74) is 5.51. The summed E-state index contributed by atoms with van der Waals surface area (Å²) in [5, 5.41) is 1.56. The number of ether oxygens (including phenoxy) is 1. The third-order valence-corrected chi connectivity index (χ3v) is 2.76. The van der Waals surface area contributed by atoms with Crippen molar-refractivity contribution in [1.82, 2.24) is 4.57 Å². The molecule has 2 aromatic rings. The molecule has 0 atom stereocenters. The van der Waals surface area contributed by atoms with Crippen LogP contribution in [0.4, 0.5) is 0 Å². The Morgan fingerprint density at radius 3 is 2.67 bits per heavy atom. The number of benzene rings is 1. The quantitative estimate of drug-likeness (QED) is 0.897. The molecular weight excluding hydrogens is 228 g/mol. The first-order chi connectivity index (χ1) is 8.40. The summed E-state index contributed by atoms with van der Waals surface area (Å²) in [6.45, 7) is 4.29. The van der Waals surface area contributed by atoms with Crippen molar-refractivity contribution in [3.63, 3.8) is 0 Å². The number of pyridine rings is 1. The Hall–Kier alpha value is -1.81. The van der Waals surface area contributed by atoms with E-state index in [9.17, 15) is 4.79 Å². The molecule has 0 fully saturated rings. The molecule has 2 rings (SSSR count).